The number of amides is 1. The molecular weight excluding hydrogens is 270 g/mol. The Morgan fingerprint density at radius 3 is 2.76 bits per heavy atom. The number of nitrogens with one attached hydrogen (secondary N) is 1. The van der Waals surface area contributed by atoms with E-state index in [9.17, 15) is 9.90 Å². The molecule has 0 heterocycles. The molecule has 0 aliphatic rings. The van der Waals surface area contributed by atoms with E-state index in [1.54, 1.807) is 31.2 Å². The van der Waals surface area contributed by atoms with Gasteiger partial charge < -0.3 is 20.1 Å². The molecule has 0 bridgehead atoms. The van der Waals surface area contributed by atoms with Gasteiger partial charge in [-0.05, 0) is 33.2 Å². The standard InChI is InChI=1S/C15H21N3O3/c1-15(20,11-18(2)3)10-17-14(19)9-21-13-7-5-4-6-12(13)8-16/h4-7,20H,9-11H2,1-3H3,(H,17,19). The molecule has 2 N–H and O–H groups in total. The zero-order valence-corrected chi connectivity index (χ0v) is 12.6. The first kappa shape index (κ1) is 17.0. The van der Waals surface area contributed by atoms with Crippen molar-refractivity contribution >= 4 is 5.91 Å². The first-order valence-electron chi connectivity index (χ1n) is 6.60. The molecule has 0 saturated heterocycles. The fraction of sp³-hybridized carbons (Fsp3) is 0.467. The molecule has 0 spiro atoms. The zero-order valence-electron chi connectivity index (χ0n) is 12.6. The van der Waals surface area contributed by atoms with Crippen molar-refractivity contribution in [3.8, 4) is 11.8 Å². The Labute approximate surface area is 124 Å². The SMILES string of the molecule is CN(C)CC(C)(O)CNC(=O)COc1ccccc1C#N. The molecule has 1 atom stereocenters. The number of likely N-dealkylation sites (N-methyl/N-ethyl adjacent to an activating group) is 1. The summed E-state index contributed by atoms with van der Waals surface area (Å²) in [6.45, 7) is 2.02. The van der Waals surface area contributed by atoms with E-state index < -0.39 is 5.60 Å². The lowest BCUT2D eigenvalue weighted by molar-refractivity contribution is -0.124. The van der Waals surface area contributed by atoms with Crippen LogP contribution in [0.2, 0.25) is 0 Å². The first-order chi connectivity index (χ1) is 9.84. The van der Waals surface area contributed by atoms with E-state index in [0.29, 0.717) is 17.9 Å². The maximum absolute atomic E-state index is 11.7. The molecule has 21 heavy (non-hydrogen) atoms. The molecule has 114 valence electrons. The van der Waals surface area contributed by atoms with Gasteiger partial charge in [0.25, 0.3) is 5.91 Å². The number of carbonyl (C=O) groups is 1. The summed E-state index contributed by atoms with van der Waals surface area (Å²) in [5.41, 5.74) is -0.631. The molecule has 1 unspecified atom stereocenters. The second-order valence-corrected chi connectivity index (χ2v) is 5.41. The molecule has 0 aromatic heterocycles. The second kappa shape index (κ2) is 7.62. The van der Waals surface area contributed by atoms with Crippen molar-refractivity contribution in [1.29, 1.82) is 5.26 Å². The number of hydrogen-bond donors (Lipinski definition) is 2. The minimum absolute atomic E-state index is 0.132. The number of rotatable bonds is 7. The highest BCUT2D eigenvalue weighted by Gasteiger charge is 2.22. The Balaban J connectivity index is 2.43. The van der Waals surface area contributed by atoms with E-state index in [1.807, 2.05) is 25.1 Å². The van der Waals surface area contributed by atoms with Gasteiger partial charge >= 0.3 is 0 Å². The van der Waals surface area contributed by atoms with Crippen molar-refractivity contribution in [2.75, 3.05) is 33.8 Å². The molecule has 0 fully saturated rings. The van der Waals surface area contributed by atoms with E-state index >= 15 is 0 Å². The number of hydrogen-bond acceptors (Lipinski definition) is 5. The van der Waals surface area contributed by atoms with Gasteiger partial charge in [0.05, 0.1) is 11.2 Å². The Morgan fingerprint density at radius 1 is 1.48 bits per heavy atom. The lowest BCUT2D eigenvalue weighted by atomic mass is 10.1. The van der Waals surface area contributed by atoms with E-state index in [-0.39, 0.29) is 19.1 Å². The average molecular weight is 291 g/mol. The monoisotopic (exact) mass is 291 g/mol. The van der Waals surface area contributed by atoms with Gasteiger partial charge in [-0.1, -0.05) is 12.1 Å². The highest BCUT2D eigenvalue weighted by Crippen LogP contribution is 2.16. The number of carbonyl (C=O) groups excluding carboxylic acids is 1. The molecular formula is C15H21N3O3. The third-order valence-electron chi connectivity index (χ3n) is 2.69. The van der Waals surface area contributed by atoms with Crippen LogP contribution >= 0.6 is 0 Å². The fourth-order valence-corrected chi connectivity index (χ4v) is 1.91. The highest BCUT2D eigenvalue weighted by atomic mass is 16.5. The number of nitrogens with zero attached hydrogens (tertiary/aromatic N) is 2. The number of para-hydroxylation sites is 1. The quantitative estimate of drug-likeness (QED) is 0.758. The van der Waals surface area contributed by atoms with Crippen LogP contribution in [0.5, 0.6) is 5.75 Å². The Morgan fingerprint density at radius 2 is 2.14 bits per heavy atom. The van der Waals surface area contributed by atoms with Crippen LogP contribution in [0.15, 0.2) is 24.3 Å². The van der Waals surface area contributed by atoms with Gasteiger partial charge in [-0.15, -0.1) is 0 Å². The molecule has 1 rings (SSSR count). The van der Waals surface area contributed by atoms with Crippen LogP contribution in [0.25, 0.3) is 0 Å². The summed E-state index contributed by atoms with van der Waals surface area (Å²) in [5, 5.41) is 21.6. The van der Waals surface area contributed by atoms with Gasteiger partial charge in [-0.25, -0.2) is 0 Å². The first-order valence-corrected chi connectivity index (χ1v) is 6.60. The normalized spacial score (nSPS) is 13.3. The summed E-state index contributed by atoms with van der Waals surface area (Å²) in [6, 6.07) is 8.71. The number of ether oxygens (including phenoxy) is 1. The van der Waals surface area contributed by atoms with Crippen LogP contribution < -0.4 is 10.1 Å². The number of nitriles is 1. The summed E-state index contributed by atoms with van der Waals surface area (Å²) in [4.78, 5) is 13.5. The van der Waals surface area contributed by atoms with Crippen LogP contribution in [0.4, 0.5) is 0 Å². The van der Waals surface area contributed by atoms with Gasteiger partial charge in [0, 0.05) is 13.1 Å². The highest BCUT2D eigenvalue weighted by molar-refractivity contribution is 5.77. The molecule has 0 radical (unpaired) electrons. The summed E-state index contributed by atoms with van der Waals surface area (Å²) < 4.78 is 5.31. The van der Waals surface area contributed by atoms with Crippen LogP contribution in [-0.4, -0.2) is 55.3 Å². The molecule has 6 nitrogen and oxygen atoms in total. The van der Waals surface area contributed by atoms with Crippen molar-refractivity contribution in [3.63, 3.8) is 0 Å². The Bertz CT molecular complexity index is 521. The van der Waals surface area contributed by atoms with E-state index in [2.05, 4.69) is 5.32 Å². The minimum Gasteiger partial charge on any atom is -0.482 e. The summed E-state index contributed by atoms with van der Waals surface area (Å²) in [7, 11) is 3.69. The summed E-state index contributed by atoms with van der Waals surface area (Å²) in [6.07, 6.45) is 0. The molecule has 1 aromatic rings. The third-order valence-corrected chi connectivity index (χ3v) is 2.69. The molecule has 6 heteroatoms. The van der Waals surface area contributed by atoms with Crippen molar-refractivity contribution in [1.82, 2.24) is 10.2 Å². The van der Waals surface area contributed by atoms with Crippen LogP contribution in [-0.2, 0) is 4.79 Å². The van der Waals surface area contributed by atoms with Gasteiger partial charge in [0.2, 0.25) is 0 Å². The summed E-state index contributed by atoms with van der Waals surface area (Å²) in [5.74, 6) is 0.0250. The zero-order chi connectivity index (χ0) is 15.9. The van der Waals surface area contributed by atoms with Gasteiger partial charge in [0.15, 0.2) is 6.61 Å². The topological polar surface area (TPSA) is 85.6 Å². The smallest absolute Gasteiger partial charge is 0.258 e. The molecule has 0 aliphatic heterocycles. The van der Waals surface area contributed by atoms with E-state index in [4.69, 9.17) is 10.00 Å². The van der Waals surface area contributed by atoms with Crippen molar-refractivity contribution < 1.29 is 14.6 Å². The maximum Gasteiger partial charge on any atom is 0.258 e. The summed E-state index contributed by atoms with van der Waals surface area (Å²) >= 11 is 0. The average Bonchev–Trinajstić information content (AvgIpc) is 2.42. The lowest BCUT2D eigenvalue weighted by Gasteiger charge is -2.27. The lowest BCUT2D eigenvalue weighted by Crippen LogP contribution is -2.47. The molecule has 1 aromatic carbocycles. The van der Waals surface area contributed by atoms with Crippen LogP contribution in [0, 0.1) is 11.3 Å². The Kier molecular flexibility index (Phi) is 6.15. The molecule has 0 saturated carbocycles. The molecule has 0 aliphatic carbocycles. The maximum atomic E-state index is 11.7. The molecule has 1 amide bonds. The van der Waals surface area contributed by atoms with E-state index in [0.717, 1.165) is 0 Å². The predicted molar refractivity (Wildman–Crippen MR) is 78.8 cm³/mol. The predicted octanol–water partition coefficient (Wildman–Crippen LogP) is 0.366. The van der Waals surface area contributed by atoms with Gasteiger partial charge in [-0.2, -0.15) is 5.26 Å². The Hall–Kier alpha value is -2.10. The van der Waals surface area contributed by atoms with Crippen molar-refractivity contribution in [2.24, 2.45) is 0 Å². The van der Waals surface area contributed by atoms with Gasteiger partial charge in [-0.3, -0.25) is 4.79 Å². The second-order valence-electron chi connectivity index (χ2n) is 5.41. The minimum atomic E-state index is -1.01. The third kappa shape index (κ3) is 6.25. The largest absolute Gasteiger partial charge is 0.482 e. The number of aliphatic hydroxyl groups is 1. The fourth-order valence-electron chi connectivity index (χ4n) is 1.91. The van der Waals surface area contributed by atoms with E-state index in [1.165, 1.54) is 0 Å². The number of benzene rings is 1. The van der Waals surface area contributed by atoms with Crippen LogP contribution in [0.3, 0.4) is 0 Å². The van der Waals surface area contributed by atoms with Crippen molar-refractivity contribution in [2.45, 2.75) is 12.5 Å². The van der Waals surface area contributed by atoms with Crippen LogP contribution in [0.1, 0.15) is 12.5 Å². The van der Waals surface area contributed by atoms with Gasteiger partial charge in [0.1, 0.15) is 11.8 Å². The van der Waals surface area contributed by atoms with Crippen molar-refractivity contribution in [3.05, 3.63) is 29.8 Å².